The maximum absolute atomic E-state index is 13.1. The fourth-order valence-corrected chi connectivity index (χ4v) is 4.22. The lowest BCUT2D eigenvalue weighted by molar-refractivity contribution is -0.135. The third-order valence-corrected chi connectivity index (χ3v) is 6.01. The van der Waals surface area contributed by atoms with Gasteiger partial charge in [0.15, 0.2) is 6.61 Å². The standard InChI is InChI=1S/C26H25N3O4/c1-18-6-8-19(9-7-18)22-16-23(24-4-3-15-32-24)29(27-22)26(31)17-33-21-12-10-20(11-13-21)28-14-2-5-25(28)30/h3-4,6-13,15,23H,2,5,14,16-17H2,1H3/t23-/m1/s1. The van der Waals surface area contributed by atoms with Crippen molar-refractivity contribution in [2.24, 2.45) is 5.10 Å². The molecule has 0 spiro atoms. The van der Waals surface area contributed by atoms with Crippen LogP contribution in [0.3, 0.4) is 0 Å². The third-order valence-electron chi connectivity index (χ3n) is 6.01. The molecular formula is C26H25N3O4. The maximum Gasteiger partial charge on any atom is 0.281 e. The second kappa shape index (κ2) is 8.94. The SMILES string of the molecule is Cc1ccc(C2=NN(C(=O)COc3ccc(N4CCCC4=O)cc3)[C@@H](c3ccco3)C2)cc1. The summed E-state index contributed by atoms with van der Waals surface area (Å²) < 4.78 is 11.3. The molecule has 0 N–H and O–H groups in total. The van der Waals surface area contributed by atoms with Gasteiger partial charge in [0.2, 0.25) is 5.91 Å². The number of carbonyl (C=O) groups excluding carboxylic acids is 2. The smallest absolute Gasteiger partial charge is 0.281 e. The predicted molar refractivity (Wildman–Crippen MR) is 124 cm³/mol. The summed E-state index contributed by atoms with van der Waals surface area (Å²) in [6.45, 7) is 2.63. The van der Waals surface area contributed by atoms with E-state index in [0.29, 0.717) is 24.4 Å². The van der Waals surface area contributed by atoms with Crippen LogP contribution in [0.5, 0.6) is 5.75 Å². The van der Waals surface area contributed by atoms with Gasteiger partial charge < -0.3 is 14.1 Å². The quantitative estimate of drug-likeness (QED) is 0.563. The van der Waals surface area contributed by atoms with Gasteiger partial charge in [0.05, 0.1) is 12.0 Å². The van der Waals surface area contributed by atoms with Gasteiger partial charge in [-0.25, -0.2) is 5.01 Å². The summed E-state index contributed by atoms with van der Waals surface area (Å²) in [6.07, 6.45) is 3.64. The molecule has 7 heteroatoms. The topological polar surface area (TPSA) is 75.4 Å². The number of furan rings is 1. The largest absolute Gasteiger partial charge is 0.484 e. The number of nitrogens with zero attached hydrogens (tertiary/aromatic N) is 3. The van der Waals surface area contributed by atoms with E-state index in [1.54, 1.807) is 23.3 Å². The molecule has 5 rings (SSSR count). The Bertz CT molecular complexity index is 1170. The Balaban J connectivity index is 1.29. The van der Waals surface area contributed by atoms with Crippen LogP contribution in [0.1, 0.15) is 42.2 Å². The number of anilines is 1. The molecule has 3 heterocycles. The van der Waals surface area contributed by atoms with E-state index in [4.69, 9.17) is 9.15 Å². The minimum Gasteiger partial charge on any atom is -0.484 e. The Kier molecular flexibility index (Phi) is 5.69. The van der Waals surface area contributed by atoms with Gasteiger partial charge in [-0.15, -0.1) is 0 Å². The maximum atomic E-state index is 13.1. The fraction of sp³-hybridized carbons (Fsp3) is 0.269. The van der Waals surface area contributed by atoms with E-state index in [-0.39, 0.29) is 24.5 Å². The molecule has 3 aromatic rings. The van der Waals surface area contributed by atoms with Crippen molar-refractivity contribution >= 4 is 23.2 Å². The first-order valence-electron chi connectivity index (χ1n) is 11.1. The molecule has 0 aliphatic carbocycles. The number of rotatable bonds is 6. The van der Waals surface area contributed by atoms with E-state index < -0.39 is 0 Å². The number of benzene rings is 2. The van der Waals surface area contributed by atoms with Crippen molar-refractivity contribution in [3.8, 4) is 5.75 Å². The molecule has 7 nitrogen and oxygen atoms in total. The Morgan fingerprint density at radius 3 is 2.58 bits per heavy atom. The molecule has 2 aromatic carbocycles. The average Bonchev–Trinajstić information content (AvgIpc) is 3.59. The fourth-order valence-electron chi connectivity index (χ4n) is 4.22. The first-order chi connectivity index (χ1) is 16.1. The van der Waals surface area contributed by atoms with E-state index in [2.05, 4.69) is 5.10 Å². The van der Waals surface area contributed by atoms with Crippen molar-refractivity contribution in [3.63, 3.8) is 0 Å². The summed E-state index contributed by atoms with van der Waals surface area (Å²) in [6, 6.07) is 18.7. The van der Waals surface area contributed by atoms with Crippen molar-refractivity contribution in [1.29, 1.82) is 0 Å². The lowest BCUT2D eigenvalue weighted by Crippen LogP contribution is -2.31. The van der Waals surface area contributed by atoms with E-state index in [0.717, 1.165) is 29.9 Å². The van der Waals surface area contributed by atoms with Gasteiger partial charge in [-0.1, -0.05) is 29.8 Å². The third kappa shape index (κ3) is 4.39. The Morgan fingerprint density at radius 1 is 1.12 bits per heavy atom. The lowest BCUT2D eigenvalue weighted by atomic mass is 10.0. The van der Waals surface area contributed by atoms with Gasteiger partial charge in [-0.3, -0.25) is 9.59 Å². The molecule has 33 heavy (non-hydrogen) atoms. The molecule has 168 valence electrons. The van der Waals surface area contributed by atoms with E-state index in [1.165, 1.54) is 10.6 Å². The van der Waals surface area contributed by atoms with Crippen molar-refractivity contribution < 1.29 is 18.7 Å². The Morgan fingerprint density at radius 2 is 1.91 bits per heavy atom. The van der Waals surface area contributed by atoms with Crippen LogP contribution in [0.15, 0.2) is 76.4 Å². The summed E-state index contributed by atoms with van der Waals surface area (Å²) in [5.74, 6) is 1.14. The molecule has 2 amide bonds. The van der Waals surface area contributed by atoms with Crippen LogP contribution in [-0.2, 0) is 9.59 Å². The average molecular weight is 444 g/mol. The molecule has 2 aliphatic rings. The Hall–Kier alpha value is -3.87. The second-order valence-corrected chi connectivity index (χ2v) is 8.32. The van der Waals surface area contributed by atoms with Crippen LogP contribution >= 0.6 is 0 Å². The van der Waals surface area contributed by atoms with Crippen LogP contribution in [0.25, 0.3) is 0 Å². The predicted octanol–water partition coefficient (Wildman–Crippen LogP) is 4.47. The number of carbonyl (C=O) groups is 2. The van der Waals surface area contributed by atoms with E-state index in [9.17, 15) is 9.59 Å². The van der Waals surface area contributed by atoms with Crippen molar-refractivity contribution in [2.75, 3.05) is 18.1 Å². The molecule has 1 aromatic heterocycles. The monoisotopic (exact) mass is 443 g/mol. The summed E-state index contributed by atoms with van der Waals surface area (Å²) >= 11 is 0. The van der Waals surface area contributed by atoms with E-state index in [1.807, 2.05) is 55.5 Å². The second-order valence-electron chi connectivity index (χ2n) is 8.32. The van der Waals surface area contributed by atoms with Crippen molar-refractivity contribution in [1.82, 2.24) is 5.01 Å². The highest BCUT2D eigenvalue weighted by Gasteiger charge is 2.35. The minimum atomic E-state index is -0.309. The van der Waals surface area contributed by atoms with Crippen LogP contribution in [0.2, 0.25) is 0 Å². The van der Waals surface area contributed by atoms with Crippen molar-refractivity contribution in [2.45, 2.75) is 32.2 Å². The van der Waals surface area contributed by atoms with Gasteiger partial charge in [0, 0.05) is 25.1 Å². The number of ether oxygens (including phenoxy) is 1. The normalized spacial score (nSPS) is 18.0. The molecule has 0 unspecified atom stereocenters. The van der Waals surface area contributed by atoms with Gasteiger partial charge in [0.25, 0.3) is 5.91 Å². The van der Waals surface area contributed by atoms with Gasteiger partial charge in [0.1, 0.15) is 17.6 Å². The molecule has 0 saturated carbocycles. The van der Waals surface area contributed by atoms with Gasteiger partial charge >= 0.3 is 0 Å². The zero-order valence-electron chi connectivity index (χ0n) is 18.4. The zero-order valence-corrected chi connectivity index (χ0v) is 18.4. The van der Waals surface area contributed by atoms with Crippen LogP contribution in [-0.4, -0.2) is 35.7 Å². The molecular weight excluding hydrogens is 418 g/mol. The van der Waals surface area contributed by atoms with Crippen LogP contribution in [0, 0.1) is 6.92 Å². The number of aryl methyl sites for hydroxylation is 1. The zero-order chi connectivity index (χ0) is 22.8. The number of amides is 2. The van der Waals surface area contributed by atoms with Crippen LogP contribution < -0.4 is 9.64 Å². The highest BCUT2D eigenvalue weighted by molar-refractivity contribution is 6.03. The molecule has 0 bridgehead atoms. The van der Waals surface area contributed by atoms with Crippen molar-refractivity contribution in [3.05, 3.63) is 83.8 Å². The summed E-state index contributed by atoms with van der Waals surface area (Å²) in [5.41, 5.74) is 3.84. The highest BCUT2D eigenvalue weighted by atomic mass is 16.5. The van der Waals surface area contributed by atoms with E-state index >= 15 is 0 Å². The molecule has 1 atom stereocenters. The van der Waals surface area contributed by atoms with Gasteiger partial charge in [-0.05, 0) is 55.3 Å². The first-order valence-corrected chi connectivity index (χ1v) is 11.1. The van der Waals surface area contributed by atoms with Gasteiger partial charge in [-0.2, -0.15) is 5.10 Å². The molecule has 2 aliphatic heterocycles. The summed E-state index contributed by atoms with van der Waals surface area (Å²) in [5, 5.41) is 6.09. The molecule has 1 fully saturated rings. The summed E-state index contributed by atoms with van der Waals surface area (Å²) in [7, 11) is 0. The number of hydrazone groups is 1. The van der Waals surface area contributed by atoms with Crippen LogP contribution in [0.4, 0.5) is 5.69 Å². The first kappa shape index (κ1) is 21.0. The Labute approximate surface area is 192 Å². The lowest BCUT2D eigenvalue weighted by Gasteiger charge is -2.20. The summed E-state index contributed by atoms with van der Waals surface area (Å²) in [4.78, 5) is 26.8. The minimum absolute atomic E-state index is 0.138. The number of hydrogen-bond donors (Lipinski definition) is 0. The molecule has 0 radical (unpaired) electrons. The molecule has 1 saturated heterocycles. The number of hydrogen-bond acceptors (Lipinski definition) is 5. The highest BCUT2D eigenvalue weighted by Crippen LogP contribution is 2.33.